The van der Waals surface area contributed by atoms with Gasteiger partial charge >= 0.3 is 5.97 Å². The first-order valence-corrected chi connectivity index (χ1v) is 14.8. The predicted octanol–water partition coefficient (Wildman–Crippen LogP) is 2.69. The van der Waals surface area contributed by atoms with Gasteiger partial charge in [-0.15, -0.1) is 18.3 Å². The lowest BCUT2D eigenvalue weighted by atomic mass is 9.65. The molecule has 5 rings (SSSR count). The normalized spacial score (nSPS) is 28.7. The van der Waals surface area contributed by atoms with E-state index in [0.29, 0.717) is 31.2 Å². The number of rotatable bonds is 13. The van der Waals surface area contributed by atoms with Gasteiger partial charge in [-0.2, -0.15) is 0 Å². The molecule has 3 fully saturated rings. The van der Waals surface area contributed by atoms with Gasteiger partial charge in [-0.3, -0.25) is 14.4 Å². The summed E-state index contributed by atoms with van der Waals surface area (Å²) in [6, 6.07) is 5.76. The van der Waals surface area contributed by atoms with Gasteiger partial charge in [0.25, 0.3) is 0 Å². The zero-order valence-electron chi connectivity index (χ0n) is 24.6. The van der Waals surface area contributed by atoms with Crippen LogP contribution < -0.4 is 0 Å². The minimum atomic E-state index is -1.24. The Hall–Kier alpha value is -3.57. The van der Waals surface area contributed by atoms with Crippen LogP contribution in [0.25, 0.3) is 11.0 Å². The van der Waals surface area contributed by atoms with Crippen molar-refractivity contribution in [2.24, 2.45) is 17.8 Å². The average molecular weight is 580 g/mol. The van der Waals surface area contributed by atoms with E-state index in [4.69, 9.17) is 9.47 Å². The molecule has 2 amide bonds. The number of nitrogens with zero attached hydrogens (tertiary/aromatic N) is 5. The number of hydrogen-bond donors (Lipinski definition) is 1. The number of esters is 1. The SMILES string of the molecule is C=CCCOC(=O)[C@@H]1[C@H]2C(=O)N([C@@H](CO)C(C)C)C(C(=O)N(CC=C)Cn3nnc4ccccc43)C23CC[C@@]1(CC)O3. The molecule has 0 radical (unpaired) electrons. The lowest BCUT2D eigenvalue weighted by Gasteiger charge is -2.40. The van der Waals surface area contributed by atoms with Gasteiger partial charge in [0, 0.05) is 6.54 Å². The summed E-state index contributed by atoms with van der Waals surface area (Å²) in [5, 5.41) is 19.0. The monoisotopic (exact) mass is 579 g/mol. The van der Waals surface area contributed by atoms with Crippen molar-refractivity contribution in [3.63, 3.8) is 0 Å². The molecule has 11 heteroatoms. The maximum atomic E-state index is 14.7. The van der Waals surface area contributed by atoms with E-state index in [-0.39, 0.29) is 44.2 Å². The fourth-order valence-electron chi connectivity index (χ4n) is 7.33. The lowest BCUT2D eigenvalue weighted by Crippen LogP contribution is -2.59. The van der Waals surface area contributed by atoms with Crippen LogP contribution in [0, 0.1) is 17.8 Å². The molecule has 1 spiro atoms. The summed E-state index contributed by atoms with van der Waals surface area (Å²) in [4.78, 5) is 45.9. The predicted molar refractivity (Wildman–Crippen MR) is 155 cm³/mol. The number of para-hydroxylation sites is 1. The summed E-state index contributed by atoms with van der Waals surface area (Å²) < 4.78 is 14.1. The van der Waals surface area contributed by atoms with Crippen molar-refractivity contribution >= 4 is 28.8 Å². The first-order chi connectivity index (χ1) is 20.2. The van der Waals surface area contributed by atoms with Crippen LogP contribution in [0.5, 0.6) is 0 Å². The van der Waals surface area contributed by atoms with Crippen LogP contribution in [0.15, 0.2) is 49.6 Å². The lowest BCUT2D eigenvalue weighted by molar-refractivity contribution is -0.164. The molecule has 3 aliphatic heterocycles. The van der Waals surface area contributed by atoms with E-state index in [9.17, 15) is 19.5 Å². The van der Waals surface area contributed by atoms with Crippen molar-refractivity contribution in [1.82, 2.24) is 24.8 Å². The molecule has 4 heterocycles. The Morgan fingerprint density at radius 1 is 1.26 bits per heavy atom. The largest absolute Gasteiger partial charge is 0.465 e. The third kappa shape index (κ3) is 4.53. The number of likely N-dealkylation sites (tertiary alicyclic amines) is 1. The van der Waals surface area contributed by atoms with Gasteiger partial charge in [-0.1, -0.05) is 50.3 Å². The molecule has 2 aromatic rings. The van der Waals surface area contributed by atoms with Crippen LogP contribution in [-0.4, -0.2) is 90.7 Å². The number of benzene rings is 1. The molecule has 11 nitrogen and oxygen atoms in total. The maximum Gasteiger partial charge on any atom is 0.312 e. The van der Waals surface area contributed by atoms with E-state index in [0.717, 1.165) is 5.52 Å². The van der Waals surface area contributed by atoms with Gasteiger partial charge in [0.05, 0.1) is 36.3 Å². The van der Waals surface area contributed by atoms with Crippen molar-refractivity contribution in [2.75, 3.05) is 19.8 Å². The second-order valence-electron chi connectivity index (χ2n) is 11.9. The first kappa shape index (κ1) is 29.9. The molecular weight excluding hydrogens is 538 g/mol. The Labute approximate surface area is 246 Å². The number of aliphatic hydroxyl groups is 1. The number of aromatic nitrogens is 3. The number of aliphatic hydroxyl groups excluding tert-OH is 1. The van der Waals surface area contributed by atoms with Gasteiger partial charge in [0.15, 0.2) is 0 Å². The molecule has 1 N–H and O–H groups in total. The van der Waals surface area contributed by atoms with Crippen LogP contribution in [-0.2, 0) is 30.5 Å². The highest BCUT2D eigenvalue weighted by Gasteiger charge is 2.79. The molecule has 1 aromatic heterocycles. The molecule has 0 saturated carbocycles. The Balaban J connectivity index is 1.58. The quantitative estimate of drug-likeness (QED) is 0.218. The van der Waals surface area contributed by atoms with E-state index in [1.54, 1.807) is 21.7 Å². The minimum Gasteiger partial charge on any atom is -0.465 e. The van der Waals surface area contributed by atoms with E-state index in [1.165, 1.54) is 4.90 Å². The van der Waals surface area contributed by atoms with Crippen molar-refractivity contribution in [3.8, 4) is 0 Å². The van der Waals surface area contributed by atoms with Crippen LogP contribution >= 0.6 is 0 Å². The number of carbonyl (C=O) groups excluding carboxylic acids is 3. The van der Waals surface area contributed by atoms with Crippen LogP contribution in [0.1, 0.15) is 46.5 Å². The number of amides is 2. The van der Waals surface area contributed by atoms with Crippen LogP contribution in [0.3, 0.4) is 0 Å². The molecule has 6 atom stereocenters. The van der Waals surface area contributed by atoms with Gasteiger partial charge < -0.3 is 24.4 Å². The zero-order valence-corrected chi connectivity index (χ0v) is 24.6. The third-order valence-corrected chi connectivity index (χ3v) is 9.37. The molecule has 2 bridgehead atoms. The van der Waals surface area contributed by atoms with E-state index in [2.05, 4.69) is 23.5 Å². The molecule has 1 aromatic carbocycles. The highest BCUT2D eigenvalue weighted by Crippen LogP contribution is 2.65. The van der Waals surface area contributed by atoms with E-state index >= 15 is 0 Å². The molecule has 2 unspecified atom stereocenters. The number of fused-ring (bicyclic) bond motifs is 2. The molecule has 226 valence electrons. The maximum absolute atomic E-state index is 14.7. The third-order valence-electron chi connectivity index (χ3n) is 9.37. The topological polar surface area (TPSA) is 127 Å². The first-order valence-electron chi connectivity index (χ1n) is 14.8. The summed E-state index contributed by atoms with van der Waals surface area (Å²) in [5.74, 6) is -3.11. The number of hydrogen-bond acceptors (Lipinski definition) is 8. The fourth-order valence-corrected chi connectivity index (χ4v) is 7.33. The van der Waals surface area contributed by atoms with Crippen LogP contribution in [0.2, 0.25) is 0 Å². The standard InChI is InChI=1S/C31H41N5O6/c1-6-9-17-41-29(40)25-24-27(38)36(23(18-37)20(4)5)26(31(24)15-14-30(25,8-3)42-31)28(39)34(16-7-2)19-35-22-13-11-10-12-21(22)32-33-35/h6-7,10-13,20,23-26,37H,1-2,8-9,14-19H2,3-5H3/t23-,24-,25-,26?,30+,31?/m0/s1. The Bertz CT molecular complexity index is 1370. The molecule has 0 aliphatic carbocycles. The highest BCUT2D eigenvalue weighted by atomic mass is 16.6. The van der Waals surface area contributed by atoms with Crippen molar-refractivity contribution in [1.29, 1.82) is 0 Å². The molecule has 3 aliphatic rings. The van der Waals surface area contributed by atoms with Crippen molar-refractivity contribution < 1.29 is 29.0 Å². The van der Waals surface area contributed by atoms with Crippen LogP contribution in [0.4, 0.5) is 0 Å². The number of carbonyl (C=O) groups is 3. The molecular formula is C31H41N5O6. The Morgan fingerprint density at radius 3 is 2.69 bits per heavy atom. The minimum absolute atomic E-state index is 0.0715. The summed E-state index contributed by atoms with van der Waals surface area (Å²) >= 11 is 0. The van der Waals surface area contributed by atoms with Gasteiger partial charge in [-0.25, -0.2) is 4.68 Å². The fraction of sp³-hybridized carbons (Fsp3) is 0.581. The van der Waals surface area contributed by atoms with E-state index < -0.39 is 41.1 Å². The molecule has 3 saturated heterocycles. The smallest absolute Gasteiger partial charge is 0.312 e. The van der Waals surface area contributed by atoms with Gasteiger partial charge in [0.2, 0.25) is 11.8 Å². The van der Waals surface area contributed by atoms with Crippen molar-refractivity contribution in [3.05, 3.63) is 49.6 Å². The van der Waals surface area contributed by atoms with Gasteiger partial charge in [-0.05, 0) is 43.7 Å². The summed E-state index contributed by atoms with van der Waals surface area (Å²) in [6.07, 6.45) is 5.23. The Morgan fingerprint density at radius 2 is 2.02 bits per heavy atom. The summed E-state index contributed by atoms with van der Waals surface area (Å²) in [6.45, 7) is 13.4. The molecule has 42 heavy (non-hydrogen) atoms. The highest BCUT2D eigenvalue weighted by molar-refractivity contribution is 5.98. The number of ether oxygens (including phenoxy) is 2. The summed E-state index contributed by atoms with van der Waals surface area (Å²) in [5.41, 5.74) is -0.692. The zero-order chi connectivity index (χ0) is 30.2. The second-order valence-corrected chi connectivity index (χ2v) is 11.9. The van der Waals surface area contributed by atoms with Crippen molar-refractivity contribution in [2.45, 2.75) is 76.4 Å². The van der Waals surface area contributed by atoms with E-state index in [1.807, 2.05) is 45.0 Å². The summed E-state index contributed by atoms with van der Waals surface area (Å²) in [7, 11) is 0. The average Bonchev–Trinajstić information content (AvgIpc) is 3.70. The Kier molecular flexibility index (Phi) is 8.26. The second kappa shape index (κ2) is 11.6. The van der Waals surface area contributed by atoms with Gasteiger partial charge in [0.1, 0.15) is 29.7 Å².